The molecule has 0 atom stereocenters. The maximum Gasteiger partial charge on any atom is 0.303 e. The summed E-state index contributed by atoms with van der Waals surface area (Å²) < 4.78 is 67.8. The SMILES string of the molecule is Cc1c(C#N)c(Nc2ccc(Cl)c(S(=O)(=O)O)c2)nc(Nc2ccc(Cl)c(S(=O)(=O)O)c2)c1N=Nc1sc(N=Nc2ccncc2)c(-c2cccc(NC(=O)CCC(=O)O)c2)c1C#N. The number of benzene rings is 3. The highest BCUT2D eigenvalue weighted by atomic mass is 35.5. The lowest BCUT2D eigenvalue weighted by Gasteiger charge is -2.16. The van der Waals surface area contributed by atoms with Crippen LogP contribution in [0, 0.1) is 29.6 Å². The van der Waals surface area contributed by atoms with E-state index in [1.165, 1.54) is 43.6 Å². The number of carboxylic acid groups (broad SMARTS) is 1. The van der Waals surface area contributed by atoms with Crippen molar-refractivity contribution in [3.8, 4) is 23.3 Å². The summed E-state index contributed by atoms with van der Waals surface area (Å²) in [5, 5.41) is 55.4. The number of pyridine rings is 2. The van der Waals surface area contributed by atoms with E-state index >= 15 is 0 Å². The van der Waals surface area contributed by atoms with Crippen LogP contribution < -0.4 is 16.0 Å². The Morgan fingerprint density at radius 2 is 1.34 bits per heavy atom. The Kier molecular flexibility index (Phi) is 14.1. The fourth-order valence-electron chi connectivity index (χ4n) is 5.69. The molecular formula is C39H27Cl2N11O9S3. The highest BCUT2D eigenvalue weighted by molar-refractivity contribution is 7.86. The number of nitriles is 2. The average molecular weight is 961 g/mol. The molecule has 25 heteroatoms. The minimum Gasteiger partial charge on any atom is -0.481 e. The Bertz CT molecular complexity index is 3230. The van der Waals surface area contributed by atoms with Crippen molar-refractivity contribution in [2.45, 2.75) is 29.6 Å². The number of amides is 1. The second-order valence-corrected chi connectivity index (χ2v) is 17.5. The van der Waals surface area contributed by atoms with Gasteiger partial charge in [0.2, 0.25) is 5.91 Å². The summed E-state index contributed by atoms with van der Waals surface area (Å²) in [4.78, 5) is 30.7. The van der Waals surface area contributed by atoms with Gasteiger partial charge in [0.15, 0.2) is 16.6 Å². The number of aromatic nitrogens is 2. The zero-order chi connectivity index (χ0) is 46.3. The predicted molar refractivity (Wildman–Crippen MR) is 235 cm³/mol. The summed E-state index contributed by atoms with van der Waals surface area (Å²) in [5.74, 6) is -2.08. The Labute approximate surface area is 377 Å². The van der Waals surface area contributed by atoms with Gasteiger partial charge >= 0.3 is 5.97 Å². The number of hydrogen-bond donors (Lipinski definition) is 6. The van der Waals surface area contributed by atoms with Crippen LogP contribution in [0.4, 0.5) is 50.1 Å². The van der Waals surface area contributed by atoms with Gasteiger partial charge in [0.1, 0.15) is 38.2 Å². The molecule has 3 heterocycles. The van der Waals surface area contributed by atoms with E-state index in [9.17, 15) is 46.1 Å². The van der Waals surface area contributed by atoms with Crippen molar-refractivity contribution < 1.29 is 40.6 Å². The first-order valence-electron chi connectivity index (χ1n) is 17.8. The van der Waals surface area contributed by atoms with Gasteiger partial charge in [-0.15, -0.1) is 20.5 Å². The van der Waals surface area contributed by atoms with Crippen LogP contribution in [-0.4, -0.2) is 52.9 Å². The van der Waals surface area contributed by atoms with E-state index < -0.39 is 48.3 Å². The number of rotatable bonds is 15. The Hall–Kier alpha value is -7.22. The number of carbonyl (C=O) groups excluding carboxylic acids is 1. The van der Waals surface area contributed by atoms with Gasteiger partial charge in [-0.05, 0) is 73.2 Å². The van der Waals surface area contributed by atoms with Crippen LogP contribution in [0.25, 0.3) is 11.1 Å². The number of carboxylic acids is 1. The predicted octanol–water partition coefficient (Wildman–Crippen LogP) is 10.2. The molecule has 20 nitrogen and oxygen atoms in total. The molecule has 0 saturated carbocycles. The second-order valence-electron chi connectivity index (χ2n) is 13.0. The molecule has 3 aromatic carbocycles. The van der Waals surface area contributed by atoms with Crippen LogP contribution >= 0.6 is 34.5 Å². The van der Waals surface area contributed by atoms with Crippen LogP contribution in [0.1, 0.15) is 29.5 Å². The molecule has 0 fully saturated rings. The number of azo groups is 2. The number of nitrogens with one attached hydrogen (secondary N) is 3. The molecule has 1 amide bonds. The van der Waals surface area contributed by atoms with Crippen LogP contribution in [-0.2, 0) is 29.8 Å². The van der Waals surface area contributed by atoms with Crippen LogP contribution in [0.5, 0.6) is 0 Å². The van der Waals surface area contributed by atoms with Crippen molar-refractivity contribution >= 4 is 117 Å². The van der Waals surface area contributed by atoms with Gasteiger partial charge in [-0.25, -0.2) is 4.98 Å². The Morgan fingerprint density at radius 3 is 1.92 bits per heavy atom. The van der Waals surface area contributed by atoms with E-state index in [1.807, 2.05) is 6.07 Å². The molecule has 0 saturated heterocycles. The first-order chi connectivity index (χ1) is 30.4. The van der Waals surface area contributed by atoms with Crippen molar-refractivity contribution in [2.24, 2.45) is 20.5 Å². The summed E-state index contributed by atoms with van der Waals surface area (Å²) in [6.45, 7) is 1.47. The number of nitrogens with zero attached hydrogens (tertiary/aromatic N) is 8. The highest BCUT2D eigenvalue weighted by Crippen LogP contribution is 2.49. The largest absolute Gasteiger partial charge is 0.481 e. The average Bonchev–Trinajstić information content (AvgIpc) is 3.60. The second kappa shape index (κ2) is 19.4. The van der Waals surface area contributed by atoms with Crippen LogP contribution in [0.3, 0.4) is 0 Å². The summed E-state index contributed by atoms with van der Waals surface area (Å²) >= 11 is 13.0. The molecule has 6 N–H and O–H groups in total. The van der Waals surface area contributed by atoms with E-state index in [4.69, 9.17) is 28.3 Å². The fraction of sp³-hybridized carbons (Fsp3) is 0.0769. The van der Waals surface area contributed by atoms with E-state index in [0.29, 0.717) is 11.3 Å². The van der Waals surface area contributed by atoms with E-state index in [2.05, 4.69) is 52.4 Å². The van der Waals surface area contributed by atoms with Crippen LogP contribution in [0.2, 0.25) is 10.0 Å². The molecule has 0 aliphatic rings. The van der Waals surface area contributed by atoms with Gasteiger partial charge < -0.3 is 21.1 Å². The smallest absolute Gasteiger partial charge is 0.303 e. The molecule has 0 unspecified atom stereocenters. The van der Waals surface area contributed by atoms with Crippen molar-refractivity contribution in [1.82, 2.24) is 9.97 Å². The van der Waals surface area contributed by atoms with E-state index in [-0.39, 0.29) is 83.1 Å². The normalized spacial score (nSPS) is 11.6. The molecular weight excluding hydrogens is 934 g/mol. The van der Waals surface area contributed by atoms with Gasteiger partial charge in [-0.2, -0.15) is 27.4 Å². The maximum atomic E-state index is 12.5. The minimum atomic E-state index is -4.82. The summed E-state index contributed by atoms with van der Waals surface area (Å²) in [6, 6.07) is 20.7. The van der Waals surface area contributed by atoms with Crippen molar-refractivity contribution in [3.05, 3.63) is 112 Å². The van der Waals surface area contributed by atoms with Crippen molar-refractivity contribution in [2.75, 3.05) is 16.0 Å². The van der Waals surface area contributed by atoms with Crippen molar-refractivity contribution in [1.29, 1.82) is 10.5 Å². The molecule has 3 aromatic heterocycles. The number of aliphatic carboxylic acids is 1. The van der Waals surface area contributed by atoms with Crippen LogP contribution in [0.15, 0.2) is 115 Å². The molecule has 0 bridgehead atoms. The first kappa shape index (κ1) is 46.3. The number of hydrogen-bond acceptors (Lipinski definition) is 17. The number of carbonyl (C=O) groups is 2. The van der Waals surface area contributed by atoms with Gasteiger partial charge in [0.25, 0.3) is 20.2 Å². The zero-order valence-corrected chi connectivity index (χ0v) is 36.3. The lowest BCUT2D eigenvalue weighted by molar-refractivity contribution is -0.138. The summed E-state index contributed by atoms with van der Waals surface area (Å²) in [7, 11) is -9.61. The molecule has 6 aromatic rings. The maximum absolute atomic E-state index is 12.5. The molecule has 0 radical (unpaired) electrons. The molecule has 64 heavy (non-hydrogen) atoms. The third-order valence-corrected chi connectivity index (χ3v) is 12.2. The lowest BCUT2D eigenvalue weighted by atomic mass is 10.0. The number of thiophene rings is 1. The molecule has 0 spiro atoms. The van der Waals surface area contributed by atoms with E-state index in [1.54, 1.807) is 36.4 Å². The lowest BCUT2D eigenvalue weighted by Crippen LogP contribution is -2.13. The summed E-state index contributed by atoms with van der Waals surface area (Å²) in [6.07, 6.45) is 2.32. The quantitative estimate of drug-likeness (QED) is 0.0412. The standard InChI is InChI=1S/C39H27Cl2N11O9S3/c1-20-26(18-42)36(46-24-5-7-28(40)30(16-24)63(56,57)58)48-37(47-25-6-8-29(41)31(17-25)64(59,60)61)35(20)50-51-38-27(19-43)34(39(62-38)52-49-22-11-13-44-14-12-22)21-3-2-4-23(15-21)45-32(53)9-10-33(54)55/h2-8,11-17H,9-10H2,1H3,(H,45,53)(H,54,55)(H2,46,47,48)(H,56,57,58)(H,59,60,61). The first-order valence-corrected chi connectivity index (χ1v) is 22.3. The molecule has 6 rings (SSSR count). The van der Waals surface area contributed by atoms with E-state index in [0.717, 1.165) is 23.5 Å². The number of halogens is 2. The van der Waals surface area contributed by atoms with Crippen molar-refractivity contribution in [3.63, 3.8) is 0 Å². The third kappa shape index (κ3) is 11.0. The minimum absolute atomic E-state index is 0.000974. The third-order valence-electron chi connectivity index (χ3n) is 8.61. The zero-order valence-electron chi connectivity index (χ0n) is 32.3. The highest BCUT2D eigenvalue weighted by Gasteiger charge is 2.24. The molecule has 0 aliphatic heterocycles. The van der Waals surface area contributed by atoms with Gasteiger partial charge in [-0.1, -0.05) is 46.7 Å². The number of anilines is 5. The topological polar surface area (TPSA) is 322 Å². The fourth-order valence-corrected chi connectivity index (χ4v) is 8.61. The Balaban J connectivity index is 1.51. The monoisotopic (exact) mass is 959 g/mol. The Morgan fingerprint density at radius 1 is 0.750 bits per heavy atom. The van der Waals surface area contributed by atoms with Gasteiger partial charge in [0.05, 0.1) is 27.7 Å². The van der Waals surface area contributed by atoms with Gasteiger partial charge in [0, 0.05) is 47.0 Å². The molecule has 0 aliphatic carbocycles. The molecule has 324 valence electrons. The summed E-state index contributed by atoms with van der Waals surface area (Å²) in [5.41, 5.74) is 1.14. The van der Waals surface area contributed by atoms with Gasteiger partial charge in [-0.3, -0.25) is 23.7 Å².